The summed E-state index contributed by atoms with van der Waals surface area (Å²) in [5.41, 5.74) is 1.66. The van der Waals surface area contributed by atoms with E-state index in [1.165, 1.54) is 7.11 Å². The number of benzene rings is 1. The first-order valence-corrected chi connectivity index (χ1v) is 6.26. The molecule has 1 aromatic heterocycles. The second-order valence-electron chi connectivity index (χ2n) is 4.26. The van der Waals surface area contributed by atoms with E-state index in [1.807, 2.05) is 30.3 Å². The lowest BCUT2D eigenvalue weighted by Gasteiger charge is -2.12. The van der Waals surface area contributed by atoms with Crippen LogP contribution in [0.15, 0.2) is 36.4 Å². The van der Waals surface area contributed by atoms with Crippen LogP contribution < -0.4 is 5.32 Å². The lowest BCUT2D eigenvalue weighted by atomic mass is 10.1. The molecule has 3 N–H and O–H groups in total. The van der Waals surface area contributed by atoms with Gasteiger partial charge in [-0.2, -0.15) is 5.10 Å². The van der Waals surface area contributed by atoms with Gasteiger partial charge in [0.1, 0.15) is 5.69 Å². The zero-order chi connectivity index (χ0) is 15.2. The van der Waals surface area contributed by atoms with Crippen LogP contribution in [-0.4, -0.2) is 46.9 Å². The standard InChI is InChI=1S/C14H15N3O4/c1-21-14(20)12(8-18)15-13(19)11-7-10(16-17-11)9-5-3-2-4-6-9/h2-7,12,18H,8H2,1H3,(H,15,19)(H,16,17)/t12-/m0/s1. The number of H-pyrrole nitrogens is 1. The van der Waals surface area contributed by atoms with Crippen LogP contribution in [0, 0.1) is 0 Å². The van der Waals surface area contributed by atoms with Gasteiger partial charge in [0, 0.05) is 5.56 Å². The molecule has 0 spiro atoms. The highest BCUT2D eigenvalue weighted by molar-refractivity contribution is 5.96. The van der Waals surface area contributed by atoms with Gasteiger partial charge in [0.05, 0.1) is 19.4 Å². The average Bonchev–Trinajstić information content (AvgIpc) is 3.02. The molecule has 0 aliphatic carbocycles. The minimum absolute atomic E-state index is 0.191. The van der Waals surface area contributed by atoms with Gasteiger partial charge in [0.15, 0.2) is 6.04 Å². The highest BCUT2D eigenvalue weighted by Crippen LogP contribution is 2.16. The third-order valence-electron chi connectivity index (χ3n) is 2.87. The van der Waals surface area contributed by atoms with Crippen LogP contribution in [0.3, 0.4) is 0 Å². The van der Waals surface area contributed by atoms with Crippen molar-refractivity contribution in [2.24, 2.45) is 0 Å². The predicted octanol–water partition coefficient (Wildman–Crippen LogP) is 0.340. The minimum atomic E-state index is -1.11. The number of methoxy groups -OCH3 is 1. The number of nitrogens with zero attached hydrogens (tertiary/aromatic N) is 1. The van der Waals surface area contributed by atoms with Crippen LogP contribution >= 0.6 is 0 Å². The van der Waals surface area contributed by atoms with Gasteiger partial charge in [0.2, 0.25) is 0 Å². The summed E-state index contributed by atoms with van der Waals surface area (Å²) in [6.07, 6.45) is 0. The molecule has 1 heterocycles. The van der Waals surface area contributed by atoms with Crippen molar-refractivity contribution in [3.05, 3.63) is 42.1 Å². The van der Waals surface area contributed by atoms with Crippen molar-refractivity contribution >= 4 is 11.9 Å². The Hall–Kier alpha value is -2.67. The first kappa shape index (κ1) is 14.7. The van der Waals surface area contributed by atoms with Crippen molar-refractivity contribution in [3.8, 4) is 11.3 Å². The molecule has 2 rings (SSSR count). The molecule has 0 aliphatic heterocycles. The molecule has 1 amide bonds. The van der Waals surface area contributed by atoms with Crippen molar-refractivity contribution in [1.29, 1.82) is 0 Å². The molecule has 1 atom stereocenters. The van der Waals surface area contributed by atoms with Crippen molar-refractivity contribution in [3.63, 3.8) is 0 Å². The summed E-state index contributed by atoms with van der Waals surface area (Å²) in [6.45, 7) is -0.544. The number of hydrogen-bond acceptors (Lipinski definition) is 5. The van der Waals surface area contributed by atoms with Crippen LogP contribution in [0.2, 0.25) is 0 Å². The summed E-state index contributed by atoms with van der Waals surface area (Å²) >= 11 is 0. The molecule has 0 unspecified atom stereocenters. The molecule has 7 nitrogen and oxygen atoms in total. The normalized spacial score (nSPS) is 11.7. The van der Waals surface area contributed by atoms with E-state index in [0.717, 1.165) is 5.56 Å². The topological polar surface area (TPSA) is 104 Å². The molecule has 0 saturated heterocycles. The summed E-state index contributed by atoms with van der Waals surface area (Å²) < 4.78 is 4.48. The van der Waals surface area contributed by atoms with Gasteiger partial charge >= 0.3 is 5.97 Å². The maximum Gasteiger partial charge on any atom is 0.330 e. The van der Waals surface area contributed by atoms with Gasteiger partial charge < -0.3 is 15.2 Å². The predicted molar refractivity (Wildman–Crippen MR) is 74.4 cm³/mol. The lowest BCUT2D eigenvalue weighted by Crippen LogP contribution is -2.44. The van der Waals surface area contributed by atoms with Crippen molar-refractivity contribution in [2.75, 3.05) is 13.7 Å². The number of aromatic nitrogens is 2. The van der Waals surface area contributed by atoms with Gasteiger partial charge in [-0.3, -0.25) is 9.89 Å². The molecule has 1 aromatic carbocycles. The summed E-state index contributed by atoms with van der Waals surface area (Å²) in [6, 6.07) is 9.80. The quantitative estimate of drug-likeness (QED) is 0.689. The zero-order valence-electron chi connectivity index (χ0n) is 11.4. The molecule has 0 radical (unpaired) electrons. The molecule has 0 bridgehead atoms. The Morgan fingerprint density at radius 3 is 2.71 bits per heavy atom. The second kappa shape index (κ2) is 6.67. The summed E-state index contributed by atoms with van der Waals surface area (Å²) in [4.78, 5) is 23.3. The van der Waals surface area contributed by atoms with Crippen LogP contribution in [-0.2, 0) is 9.53 Å². The molecule has 0 saturated carbocycles. The second-order valence-corrected chi connectivity index (χ2v) is 4.26. The van der Waals surface area contributed by atoms with E-state index in [1.54, 1.807) is 6.07 Å². The zero-order valence-corrected chi connectivity index (χ0v) is 11.4. The number of rotatable bonds is 5. The summed E-state index contributed by atoms with van der Waals surface area (Å²) in [7, 11) is 1.18. The maximum absolute atomic E-state index is 12.0. The van der Waals surface area contributed by atoms with Crippen LogP contribution in [0.4, 0.5) is 0 Å². The Morgan fingerprint density at radius 2 is 2.10 bits per heavy atom. The highest BCUT2D eigenvalue weighted by atomic mass is 16.5. The van der Waals surface area contributed by atoms with E-state index >= 15 is 0 Å². The molecule has 0 aliphatic rings. The molecule has 110 valence electrons. The van der Waals surface area contributed by atoms with Crippen LogP contribution in [0.25, 0.3) is 11.3 Å². The van der Waals surface area contributed by atoms with E-state index in [-0.39, 0.29) is 5.69 Å². The van der Waals surface area contributed by atoms with E-state index in [0.29, 0.717) is 5.69 Å². The fraction of sp³-hybridized carbons (Fsp3) is 0.214. The molecular formula is C14H15N3O4. The number of carbonyl (C=O) groups excluding carboxylic acids is 2. The van der Waals surface area contributed by atoms with Gasteiger partial charge in [0.25, 0.3) is 5.91 Å². The number of aromatic amines is 1. The van der Waals surface area contributed by atoms with Gasteiger partial charge in [-0.15, -0.1) is 0 Å². The Labute approximate surface area is 120 Å². The van der Waals surface area contributed by atoms with Gasteiger partial charge in [-0.25, -0.2) is 4.79 Å². The largest absolute Gasteiger partial charge is 0.467 e. The third-order valence-corrected chi connectivity index (χ3v) is 2.87. The van der Waals surface area contributed by atoms with Gasteiger partial charge in [-0.1, -0.05) is 30.3 Å². The average molecular weight is 289 g/mol. The lowest BCUT2D eigenvalue weighted by molar-refractivity contribution is -0.143. The number of aliphatic hydroxyl groups excluding tert-OH is 1. The number of carbonyl (C=O) groups is 2. The number of esters is 1. The fourth-order valence-corrected chi connectivity index (χ4v) is 1.75. The molecule has 21 heavy (non-hydrogen) atoms. The fourth-order valence-electron chi connectivity index (χ4n) is 1.75. The smallest absolute Gasteiger partial charge is 0.330 e. The Balaban J connectivity index is 2.11. The maximum atomic E-state index is 12.0. The van der Waals surface area contributed by atoms with Crippen molar-refractivity contribution in [2.45, 2.75) is 6.04 Å². The van der Waals surface area contributed by atoms with Crippen LogP contribution in [0.5, 0.6) is 0 Å². The Bertz CT molecular complexity index is 624. The number of amides is 1. The number of nitrogens with one attached hydrogen (secondary N) is 2. The van der Waals surface area contributed by atoms with Gasteiger partial charge in [-0.05, 0) is 6.07 Å². The Kier molecular flexibility index (Phi) is 4.68. The number of hydrogen-bond donors (Lipinski definition) is 3. The molecule has 2 aromatic rings. The van der Waals surface area contributed by atoms with Crippen molar-refractivity contribution in [1.82, 2.24) is 15.5 Å². The summed E-state index contributed by atoms with van der Waals surface area (Å²) in [5.74, 6) is -1.26. The van der Waals surface area contributed by atoms with E-state index in [4.69, 9.17) is 5.11 Å². The van der Waals surface area contributed by atoms with Crippen molar-refractivity contribution < 1.29 is 19.4 Å². The third kappa shape index (κ3) is 3.46. The monoisotopic (exact) mass is 289 g/mol. The van der Waals surface area contributed by atoms with E-state index in [9.17, 15) is 9.59 Å². The molecule has 7 heteroatoms. The molecule has 0 fully saturated rings. The molecular weight excluding hydrogens is 274 g/mol. The van der Waals surface area contributed by atoms with E-state index < -0.39 is 24.5 Å². The SMILES string of the molecule is COC(=O)[C@H](CO)NC(=O)c1cc(-c2ccccc2)n[nH]1. The first-order valence-electron chi connectivity index (χ1n) is 6.26. The highest BCUT2D eigenvalue weighted by Gasteiger charge is 2.22. The summed E-state index contributed by atoms with van der Waals surface area (Å²) in [5, 5.41) is 18.1. The number of ether oxygens (including phenoxy) is 1. The minimum Gasteiger partial charge on any atom is -0.467 e. The Morgan fingerprint density at radius 1 is 1.38 bits per heavy atom. The number of aliphatic hydroxyl groups is 1. The van der Waals surface area contributed by atoms with E-state index in [2.05, 4.69) is 20.3 Å². The first-order chi connectivity index (χ1) is 10.2. The van der Waals surface area contributed by atoms with Crippen LogP contribution in [0.1, 0.15) is 10.5 Å².